The maximum Gasteiger partial charge on any atom is 0.0797 e. The summed E-state index contributed by atoms with van der Waals surface area (Å²) >= 11 is 0. The molecule has 1 heterocycles. The van der Waals surface area contributed by atoms with Crippen LogP contribution in [-0.4, -0.2) is 40.8 Å². The van der Waals surface area contributed by atoms with E-state index < -0.39 is 5.60 Å². The van der Waals surface area contributed by atoms with Crippen LogP contribution in [0.15, 0.2) is 0 Å². The second kappa shape index (κ2) is 5.89. The molecular formula is C15H30N2O. The minimum absolute atomic E-state index is 0.424. The molecule has 0 spiro atoms. The van der Waals surface area contributed by atoms with E-state index in [1.54, 1.807) is 0 Å². The molecule has 18 heavy (non-hydrogen) atoms. The van der Waals surface area contributed by atoms with Gasteiger partial charge in [-0.15, -0.1) is 0 Å². The third kappa shape index (κ3) is 2.73. The summed E-state index contributed by atoms with van der Waals surface area (Å²) in [4.78, 5) is 2.66. The Bertz CT molecular complexity index is 269. The lowest BCUT2D eigenvalue weighted by atomic mass is 9.88. The predicted molar refractivity (Wildman–Crippen MR) is 75.4 cm³/mol. The summed E-state index contributed by atoms with van der Waals surface area (Å²) in [6.07, 6.45) is 8.28. The van der Waals surface area contributed by atoms with Gasteiger partial charge in [0.25, 0.3) is 0 Å². The van der Waals surface area contributed by atoms with Gasteiger partial charge in [0.1, 0.15) is 0 Å². The number of aliphatic hydroxyl groups is 1. The molecule has 0 aromatic heterocycles. The van der Waals surface area contributed by atoms with Gasteiger partial charge in [-0.25, -0.2) is 0 Å². The van der Waals surface area contributed by atoms with Crippen molar-refractivity contribution in [2.75, 3.05) is 13.1 Å². The minimum Gasteiger partial charge on any atom is -0.388 e. The van der Waals surface area contributed by atoms with Crippen LogP contribution < -0.4 is 5.73 Å². The first-order valence-electron chi connectivity index (χ1n) is 7.79. The molecule has 0 aromatic rings. The minimum atomic E-state index is -0.565. The van der Waals surface area contributed by atoms with Crippen LogP contribution in [0.3, 0.4) is 0 Å². The van der Waals surface area contributed by atoms with Gasteiger partial charge in [-0.2, -0.15) is 0 Å². The zero-order valence-corrected chi connectivity index (χ0v) is 12.1. The zero-order valence-electron chi connectivity index (χ0n) is 12.1. The molecule has 1 saturated heterocycles. The van der Waals surface area contributed by atoms with Crippen molar-refractivity contribution in [2.24, 2.45) is 11.7 Å². The molecule has 4 unspecified atom stereocenters. The normalized spacial score (nSPS) is 41.7. The van der Waals surface area contributed by atoms with Gasteiger partial charge >= 0.3 is 0 Å². The molecule has 3 heteroatoms. The Morgan fingerprint density at radius 1 is 1.33 bits per heavy atom. The molecule has 0 aromatic carbocycles. The molecule has 2 fully saturated rings. The topological polar surface area (TPSA) is 49.5 Å². The van der Waals surface area contributed by atoms with Crippen molar-refractivity contribution < 1.29 is 5.11 Å². The molecule has 106 valence electrons. The van der Waals surface area contributed by atoms with Crippen molar-refractivity contribution in [3.05, 3.63) is 0 Å². The molecule has 4 atom stereocenters. The van der Waals surface area contributed by atoms with E-state index in [1.165, 1.54) is 19.3 Å². The number of nitrogens with two attached hydrogens (primary N) is 1. The summed E-state index contributed by atoms with van der Waals surface area (Å²) in [6.45, 7) is 6.22. The summed E-state index contributed by atoms with van der Waals surface area (Å²) < 4.78 is 0. The van der Waals surface area contributed by atoms with Gasteiger partial charge in [0.2, 0.25) is 0 Å². The van der Waals surface area contributed by atoms with E-state index in [4.69, 9.17) is 5.73 Å². The Morgan fingerprint density at radius 3 is 2.78 bits per heavy atom. The Hall–Kier alpha value is -0.120. The standard InChI is InChI=1S/C15H30N2O/c1-3-14-7-6-12(2)17(14)10-8-13-5-4-9-15(13,18)11-16/h12-14,18H,3-11,16H2,1-2H3. The van der Waals surface area contributed by atoms with Crippen LogP contribution >= 0.6 is 0 Å². The molecule has 1 saturated carbocycles. The highest BCUT2D eigenvalue weighted by Crippen LogP contribution is 2.38. The molecule has 1 aliphatic carbocycles. The second-order valence-electron chi connectivity index (χ2n) is 6.41. The van der Waals surface area contributed by atoms with Crippen LogP contribution in [0.1, 0.15) is 58.8 Å². The Labute approximate surface area is 112 Å². The van der Waals surface area contributed by atoms with Gasteiger partial charge in [0.15, 0.2) is 0 Å². The summed E-state index contributed by atoms with van der Waals surface area (Å²) in [6, 6.07) is 1.50. The van der Waals surface area contributed by atoms with E-state index in [2.05, 4.69) is 18.7 Å². The number of hydrogen-bond donors (Lipinski definition) is 2. The number of hydrogen-bond acceptors (Lipinski definition) is 3. The summed E-state index contributed by atoms with van der Waals surface area (Å²) in [5.74, 6) is 0.424. The Balaban J connectivity index is 1.87. The van der Waals surface area contributed by atoms with Crippen molar-refractivity contribution >= 4 is 0 Å². The third-order valence-electron chi connectivity index (χ3n) is 5.44. The first kappa shape index (κ1) is 14.3. The van der Waals surface area contributed by atoms with E-state index in [0.717, 1.165) is 44.3 Å². The molecule has 0 amide bonds. The van der Waals surface area contributed by atoms with Crippen molar-refractivity contribution in [3.63, 3.8) is 0 Å². The van der Waals surface area contributed by atoms with Crippen LogP contribution in [0.2, 0.25) is 0 Å². The van der Waals surface area contributed by atoms with Gasteiger partial charge in [-0.3, -0.25) is 4.90 Å². The van der Waals surface area contributed by atoms with Gasteiger partial charge < -0.3 is 10.8 Å². The maximum absolute atomic E-state index is 10.5. The van der Waals surface area contributed by atoms with Crippen LogP contribution in [-0.2, 0) is 0 Å². The van der Waals surface area contributed by atoms with Crippen LogP contribution in [0.25, 0.3) is 0 Å². The molecule has 2 rings (SSSR count). The Kier molecular flexibility index (Phi) is 4.68. The molecule has 0 radical (unpaired) electrons. The average molecular weight is 254 g/mol. The number of nitrogens with zero attached hydrogens (tertiary/aromatic N) is 1. The van der Waals surface area contributed by atoms with Gasteiger partial charge in [0, 0.05) is 18.6 Å². The lowest BCUT2D eigenvalue weighted by molar-refractivity contribution is 0.00274. The highest BCUT2D eigenvalue weighted by Gasteiger charge is 2.40. The largest absolute Gasteiger partial charge is 0.388 e. The van der Waals surface area contributed by atoms with Crippen LogP contribution in [0, 0.1) is 5.92 Å². The highest BCUT2D eigenvalue weighted by atomic mass is 16.3. The lowest BCUT2D eigenvalue weighted by Gasteiger charge is -2.33. The maximum atomic E-state index is 10.5. The molecule has 1 aliphatic heterocycles. The van der Waals surface area contributed by atoms with E-state index >= 15 is 0 Å². The molecule has 2 aliphatic rings. The fraction of sp³-hybridized carbons (Fsp3) is 1.00. The number of rotatable bonds is 5. The first-order chi connectivity index (χ1) is 8.60. The van der Waals surface area contributed by atoms with Crippen LogP contribution in [0.5, 0.6) is 0 Å². The fourth-order valence-electron chi connectivity index (χ4n) is 4.08. The summed E-state index contributed by atoms with van der Waals surface area (Å²) in [5, 5.41) is 10.5. The zero-order chi connectivity index (χ0) is 13.2. The molecule has 0 bridgehead atoms. The highest BCUT2D eigenvalue weighted by molar-refractivity contribution is 4.94. The first-order valence-corrected chi connectivity index (χ1v) is 7.79. The van der Waals surface area contributed by atoms with Crippen molar-refractivity contribution in [1.29, 1.82) is 0 Å². The van der Waals surface area contributed by atoms with E-state index in [9.17, 15) is 5.11 Å². The Morgan fingerprint density at radius 2 is 2.11 bits per heavy atom. The molecule has 3 nitrogen and oxygen atoms in total. The third-order valence-corrected chi connectivity index (χ3v) is 5.44. The fourth-order valence-corrected chi connectivity index (χ4v) is 4.08. The molecular weight excluding hydrogens is 224 g/mol. The number of likely N-dealkylation sites (tertiary alicyclic amines) is 1. The predicted octanol–water partition coefficient (Wildman–Crippen LogP) is 2.13. The van der Waals surface area contributed by atoms with Gasteiger partial charge in [0.05, 0.1) is 5.60 Å². The second-order valence-corrected chi connectivity index (χ2v) is 6.41. The van der Waals surface area contributed by atoms with E-state index in [1.807, 2.05) is 0 Å². The van der Waals surface area contributed by atoms with Crippen molar-refractivity contribution in [1.82, 2.24) is 4.90 Å². The lowest BCUT2D eigenvalue weighted by Crippen LogP contribution is -2.43. The SMILES string of the molecule is CCC1CCC(C)N1CCC1CCCC1(O)CN. The quantitative estimate of drug-likeness (QED) is 0.790. The van der Waals surface area contributed by atoms with Crippen LogP contribution in [0.4, 0.5) is 0 Å². The van der Waals surface area contributed by atoms with Crippen molar-refractivity contribution in [2.45, 2.75) is 76.5 Å². The van der Waals surface area contributed by atoms with Gasteiger partial charge in [-0.05, 0) is 57.9 Å². The van der Waals surface area contributed by atoms with E-state index in [0.29, 0.717) is 12.5 Å². The smallest absolute Gasteiger partial charge is 0.0797 e. The summed E-state index contributed by atoms with van der Waals surface area (Å²) in [7, 11) is 0. The summed E-state index contributed by atoms with van der Waals surface area (Å²) in [5.41, 5.74) is 5.19. The molecule has 3 N–H and O–H groups in total. The van der Waals surface area contributed by atoms with Gasteiger partial charge in [-0.1, -0.05) is 13.3 Å². The van der Waals surface area contributed by atoms with Crippen molar-refractivity contribution in [3.8, 4) is 0 Å². The van der Waals surface area contributed by atoms with E-state index in [-0.39, 0.29) is 0 Å². The monoisotopic (exact) mass is 254 g/mol. The average Bonchev–Trinajstić information content (AvgIpc) is 2.91.